The van der Waals surface area contributed by atoms with Crippen LogP contribution in [0.1, 0.15) is 38.2 Å². The van der Waals surface area contributed by atoms with Crippen LogP contribution in [0.25, 0.3) is 0 Å². The first-order valence-corrected chi connectivity index (χ1v) is 6.08. The van der Waals surface area contributed by atoms with Crippen molar-refractivity contribution in [2.24, 2.45) is 0 Å². The average Bonchev–Trinajstić information content (AvgIpc) is 2.36. The Kier molecular flexibility index (Phi) is 5.36. The molecule has 2 atom stereocenters. The highest BCUT2D eigenvalue weighted by Crippen LogP contribution is 2.14. The first-order valence-electron chi connectivity index (χ1n) is 6.08. The number of carbonyl (C=O) groups is 2. The molecule has 0 fully saturated rings. The number of hydrogen-bond acceptors (Lipinski definition) is 2. The number of carboxylic acids is 1. The zero-order valence-corrected chi connectivity index (χ0v) is 10.7. The summed E-state index contributed by atoms with van der Waals surface area (Å²) in [6.07, 6.45) is 0.518. The molecule has 1 amide bonds. The molecule has 0 heterocycles. The molecule has 0 saturated heterocycles. The quantitative estimate of drug-likeness (QED) is 0.812. The Bertz CT molecular complexity index is 403. The molecule has 2 N–H and O–H groups in total. The summed E-state index contributed by atoms with van der Waals surface area (Å²) in [6, 6.07) is 9.39. The highest BCUT2D eigenvalue weighted by Gasteiger charge is 2.17. The van der Waals surface area contributed by atoms with Crippen LogP contribution < -0.4 is 5.32 Å². The lowest BCUT2D eigenvalue weighted by Crippen LogP contribution is -2.35. The van der Waals surface area contributed by atoms with Gasteiger partial charge in [0.1, 0.15) is 0 Å². The summed E-state index contributed by atoms with van der Waals surface area (Å²) in [7, 11) is 0. The van der Waals surface area contributed by atoms with Gasteiger partial charge in [0.15, 0.2) is 0 Å². The van der Waals surface area contributed by atoms with Crippen molar-refractivity contribution in [3.05, 3.63) is 35.9 Å². The van der Waals surface area contributed by atoms with Gasteiger partial charge in [-0.25, -0.2) is 0 Å². The third-order valence-corrected chi connectivity index (χ3v) is 2.87. The van der Waals surface area contributed by atoms with Crippen molar-refractivity contribution in [3.63, 3.8) is 0 Å². The second-order valence-electron chi connectivity index (χ2n) is 4.47. The minimum Gasteiger partial charge on any atom is -0.481 e. The van der Waals surface area contributed by atoms with Gasteiger partial charge in [-0.15, -0.1) is 0 Å². The maximum atomic E-state index is 11.9. The van der Waals surface area contributed by atoms with E-state index in [-0.39, 0.29) is 24.3 Å². The van der Waals surface area contributed by atoms with Gasteiger partial charge < -0.3 is 10.4 Å². The number of aliphatic carboxylic acids is 1. The van der Waals surface area contributed by atoms with Crippen LogP contribution >= 0.6 is 0 Å². The second kappa shape index (κ2) is 6.79. The maximum absolute atomic E-state index is 11.9. The summed E-state index contributed by atoms with van der Waals surface area (Å²) in [5, 5.41) is 11.4. The van der Waals surface area contributed by atoms with Gasteiger partial charge in [0.2, 0.25) is 5.91 Å². The lowest BCUT2D eigenvalue weighted by atomic mass is 10.00. The number of hydrogen-bond donors (Lipinski definition) is 2. The van der Waals surface area contributed by atoms with E-state index < -0.39 is 5.97 Å². The molecule has 4 heteroatoms. The topological polar surface area (TPSA) is 66.4 Å². The van der Waals surface area contributed by atoms with E-state index in [0.717, 1.165) is 5.56 Å². The lowest BCUT2D eigenvalue weighted by Gasteiger charge is -2.17. The van der Waals surface area contributed by atoms with E-state index in [9.17, 15) is 9.59 Å². The third kappa shape index (κ3) is 4.57. The Morgan fingerprint density at radius 1 is 1.22 bits per heavy atom. The number of rotatable bonds is 6. The largest absolute Gasteiger partial charge is 0.481 e. The Morgan fingerprint density at radius 2 is 1.83 bits per heavy atom. The van der Waals surface area contributed by atoms with Crippen molar-refractivity contribution < 1.29 is 14.7 Å². The van der Waals surface area contributed by atoms with Crippen LogP contribution in [0.4, 0.5) is 0 Å². The van der Waals surface area contributed by atoms with Gasteiger partial charge in [-0.3, -0.25) is 9.59 Å². The van der Waals surface area contributed by atoms with Gasteiger partial charge >= 0.3 is 5.97 Å². The summed E-state index contributed by atoms with van der Waals surface area (Å²) in [6.45, 7) is 3.66. The molecule has 0 bridgehead atoms. The van der Waals surface area contributed by atoms with E-state index in [1.165, 1.54) is 0 Å². The molecule has 1 unspecified atom stereocenters. The number of benzene rings is 1. The molecule has 1 aromatic carbocycles. The van der Waals surface area contributed by atoms with Gasteiger partial charge in [-0.1, -0.05) is 30.3 Å². The van der Waals surface area contributed by atoms with Crippen LogP contribution in [-0.2, 0) is 9.59 Å². The molecule has 0 radical (unpaired) electrons. The summed E-state index contributed by atoms with van der Waals surface area (Å²) >= 11 is 0. The van der Waals surface area contributed by atoms with Gasteiger partial charge in [-0.2, -0.15) is 0 Å². The third-order valence-electron chi connectivity index (χ3n) is 2.87. The Hall–Kier alpha value is -1.84. The average molecular weight is 249 g/mol. The minimum absolute atomic E-state index is 0.0703. The van der Waals surface area contributed by atoms with Gasteiger partial charge in [-0.05, 0) is 25.8 Å². The van der Waals surface area contributed by atoms with E-state index in [1.54, 1.807) is 0 Å². The van der Waals surface area contributed by atoms with Crippen LogP contribution in [0, 0.1) is 0 Å². The molecule has 0 aliphatic heterocycles. The molecule has 0 aliphatic carbocycles. The van der Waals surface area contributed by atoms with E-state index in [1.807, 2.05) is 44.2 Å². The normalized spacial score (nSPS) is 13.7. The number of carboxylic acid groups (broad SMARTS) is 1. The van der Waals surface area contributed by atoms with Crippen molar-refractivity contribution >= 4 is 11.9 Å². The summed E-state index contributed by atoms with van der Waals surface area (Å²) < 4.78 is 0. The Labute approximate surface area is 107 Å². The smallest absolute Gasteiger partial charge is 0.303 e. The van der Waals surface area contributed by atoms with E-state index in [0.29, 0.717) is 6.42 Å². The van der Waals surface area contributed by atoms with Gasteiger partial charge in [0.05, 0.1) is 5.92 Å². The van der Waals surface area contributed by atoms with E-state index >= 15 is 0 Å². The second-order valence-corrected chi connectivity index (χ2v) is 4.47. The zero-order valence-electron chi connectivity index (χ0n) is 10.7. The molecular weight excluding hydrogens is 230 g/mol. The van der Waals surface area contributed by atoms with Crippen molar-refractivity contribution in [2.75, 3.05) is 0 Å². The van der Waals surface area contributed by atoms with Crippen molar-refractivity contribution in [3.8, 4) is 0 Å². The first kappa shape index (κ1) is 14.2. The minimum atomic E-state index is -0.841. The predicted molar refractivity (Wildman–Crippen MR) is 69.3 cm³/mol. The molecule has 1 aromatic rings. The highest BCUT2D eigenvalue weighted by atomic mass is 16.4. The monoisotopic (exact) mass is 249 g/mol. The van der Waals surface area contributed by atoms with Gasteiger partial charge in [0, 0.05) is 12.5 Å². The standard InChI is InChI=1S/C14H19NO3/c1-10(8-9-13(16)17)15-14(18)11(2)12-6-4-3-5-7-12/h3-7,10-11H,8-9H2,1-2H3,(H,15,18)(H,16,17)/t10-,11?/m0/s1. The molecule has 0 saturated carbocycles. The fraction of sp³-hybridized carbons (Fsp3) is 0.429. The zero-order chi connectivity index (χ0) is 13.5. The number of carbonyl (C=O) groups excluding carboxylic acids is 1. The van der Waals surface area contributed by atoms with Crippen LogP contribution in [-0.4, -0.2) is 23.0 Å². The van der Waals surface area contributed by atoms with Crippen molar-refractivity contribution in [1.82, 2.24) is 5.32 Å². The van der Waals surface area contributed by atoms with Crippen molar-refractivity contribution in [1.29, 1.82) is 0 Å². The Morgan fingerprint density at radius 3 is 2.39 bits per heavy atom. The molecule has 0 spiro atoms. The molecular formula is C14H19NO3. The van der Waals surface area contributed by atoms with E-state index in [2.05, 4.69) is 5.32 Å². The maximum Gasteiger partial charge on any atom is 0.303 e. The van der Waals surface area contributed by atoms with Crippen molar-refractivity contribution in [2.45, 2.75) is 38.6 Å². The Balaban J connectivity index is 2.47. The summed E-state index contributed by atoms with van der Waals surface area (Å²) in [5.74, 6) is -1.13. The molecule has 0 aliphatic rings. The molecule has 0 aromatic heterocycles. The van der Waals surface area contributed by atoms with Crippen LogP contribution in [0.15, 0.2) is 30.3 Å². The van der Waals surface area contributed by atoms with Gasteiger partial charge in [0.25, 0.3) is 0 Å². The molecule has 4 nitrogen and oxygen atoms in total. The molecule has 1 rings (SSSR count). The highest BCUT2D eigenvalue weighted by molar-refractivity contribution is 5.83. The van der Waals surface area contributed by atoms with Crippen LogP contribution in [0.5, 0.6) is 0 Å². The first-order chi connectivity index (χ1) is 8.50. The van der Waals surface area contributed by atoms with Crippen LogP contribution in [0.2, 0.25) is 0 Å². The lowest BCUT2D eigenvalue weighted by molar-refractivity contribution is -0.137. The SMILES string of the molecule is CC(C(=O)N[C@@H](C)CCC(=O)O)c1ccccc1. The fourth-order valence-electron chi connectivity index (χ4n) is 1.67. The fourth-order valence-corrected chi connectivity index (χ4v) is 1.67. The summed E-state index contributed by atoms with van der Waals surface area (Å²) in [5.41, 5.74) is 0.959. The molecule has 18 heavy (non-hydrogen) atoms. The number of nitrogens with one attached hydrogen (secondary N) is 1. The number of amides is 1. The summed E-state index contributed by atoms with van der Waals surface area (Å²) in [4.78, 5) is 22.4. The predicted octanol–water partition coefficient (Wildman–Crippen LogP) is 2.16. The van der Waals surface area contributed by atoms with E-state index in [4.69, 9.17) is 5.11 Å². The van der Waals surface area contributed by atoms with Crippen LogP contribution in [0.3, 0.4) is 0 Å². The molecule has 98 valence electrons.